The zero-order valence-electron chi connectivity index (χ0n) is 8.70. The highest BCUT2D eigenvalue weighted by Gasteiger charge is 2.05. The van der Waals surface area contributed by atoms with E-state index in [2.05, 4.69) is 10.3 Å². The molecule has 1 heterocycles. The molecule has 0 saturated heterocycles. The standard InChI is InChI=1S/C11H12N2O2/c1-3-11-13-9-6-8(12-7(2)14)4-5-10(9)15-11/h4-6H,3H2,1-2H3,(H,12,14). The van der Waals surface area contributed by atoms with E-state index in [0.717, 1.165) is 23.2 Å². The van der Waals surface area contributed by atoms with Gasteiger partial charge in [-0.25, -0.2) is 4.98 Å². The number of carbonyl (C=O) groups is 1. The van der Waals surface area contributed by atoms with Crippen LogP contribution >= 0.6 is 0 Å². The summed E-state index contributed by atoms with van der Waals surface area (Å²) in [4.78, 5) is 15.1. The molecule has 78 valence electrons. The highest BCUT2D eigenvalue weighted by atomic mass is 16.3. The van der Waals surface area contributed by atoms with Crippen molar-refractivity contribution >= 4 is 22.7 Å². The van der Waals surface area contributed by atoms with Gasteiger partial charge in [0, 0.05) is 19.0 Å². The quantitative estimate of drug-likeness (QED) is 0.816. The third-order valence-electron chi connectivity index (χ3n) is 2.05. The van der Waals surface area contributed by atoms with Crippen molar-refractivity contribution in [1.82, 2.24) is 4.98 Å². The highest BCUT2D eigenvalue weighted by Crippen LogP contribution is 2.20. The van der Waals surface area contributed by atoms with Gasteiger partial charge in [-0.15, -0.1) is 0 Å². The lowest BCUT2D eigenvalue weighted by atomic mass is 10.3. The first-order chi connectivity index (χ1) is 7.19. The van der Waals surface area contributed by atoms with Crippen LogP contribution in [0.3, 0.4) is 0 Å². The van der Waals surface area contributed by atoms with Crippen LogP contribution in [0.5, 0.6) is 0 Å². The topological polar surface area (TPSA) is 55.1 Å². The van der Waals surface area contributed by atoms with Gasteiger partial charge in [0.25, 0.3) is 0 Å². The molecule has 0 aliphatic rings. The van der Waals surface area contributed by atoms with Crippen LogP contribution in [0, 0.1) is 0 Å². The molecule has 0 aliphatic heterocycles. The van der Waals surface area contributed by atoms with Crippen LogP contribution in [0.25, 0.3) is 11.1 Å². The molecule has 1 aromatic heterocycles. The lowest BCUT2D eigenvalue weighted by Gasteiger charge is -1.99. The Hall–Kier alpha value is -1.84. The van der Waals surface area contributed by atoms with Crippen LogP contribution < -0.4 is 5.32 Å². The molecule has 1 N–H and O–H groups in total. The summed E-state index contributed by atoms with van der Waals surface area (Å²) in [6.45, 7) is 3.46. The Bertz CT molecular complexity index is 502. The highest BCUT2D eigenvalue weighted by molar-refractivity contribution is 5.91. The van der Waals surface area contributed by atoms with E-state index in [1.807, 2.05) is 13.0 Å². The maximum Gasteiger partial charge on any atom is 0.221 e. The van der Waals surface area contributed by atoms with Crippen molar-refractivity contribution in [3.8, 4) is 0 Å². The Morgan fingerprint density at radius 3 is 3.00 bits per heavy atom. The molecule has 0 unspecified atom stereocenters. The van der Waals surface area contributed by atoms with E-state index in [0.29, 0.717) is 5.89 Å². The van der Waals surface area contributed by atoms with Crippen molar-refractivity contribution in [3.63, 3.8) is 0 Å². The average molecular weight is 204 g/mol. The largest absolute Gasteiger partial charge is 0.441 e. The van der Waals surface area contributed by atoms with Crippen LogP contribution in [0.4, 0.5) is 5.69 Å². The summed E-state index contributed by atoms with van der Waals surface area (Å²) >= 11 is 0. The Morgan fingerprint density at radius 1 is 1.53 bits per heavy atom. The SMILES string of the molecule is CCc1nc2cc(NC(C)=O)ccc2o1. The van der Waals surface area contributed by atoms with Crippen LogP contribution in [0.2, 0.25) is 0 Å². The molecule has 0 saturated carbocycles. The first-order valence-electron chi connectivity index (χ1n) is 4.86. The number of benzene rings is 1. The Labute approximate surface area is 87.3 Å². The van der Waals surface area contributed by atoms with Crippen LogP contribution in [0.1, 0.15) is 19.7 Å². The molecule has 1 aromatic carbocycles. The fraction of sp³-hybridized carbons (Fsp3) is 0.273. The van der Waals surface area contributed by atoms with Crippen molar-refractivity contribution in [2.24, 2.45) is 0 Å². The van der Waals surface area contributed by atoms with Gasteiger partial charge in [-0.3, -0.25) is 4.79 Å². The van der Waals surface area contributed by atoms with Crippen molar-refractivity contribution in [1.29, 1.82) is 0 Å². The van der Waals surface area contributed by atoms with E-state index in [1.165, 1.54) is 6.92 Å². The van der Waals surface area contributed by atoms with Crippen LogP contribution in [-0.2, 0) is 11.2 Å². The predicted molar refractivity (Wildman–Crippen MR) is 57.7 cm³/mol. The monoisotopic (exact) mass is 204 g/mol. The number of rotatable bonds is 2. The fourth-order valence-electron chi connectivity index (χ4n) is 1.41. The minimum atomic E-state index is -0.0893. The number of nitrogens with zero attached hydrogens (tertiary/aromatic N) is 1. The molecule has 1 amide bonds. The molecule has 0 bridgehead atoms. The van der Waals surface area contributed by atoms with Crippen molar-refractivity contribution in [2.45, 2.75) is 20.3 Å². The average Bonchev–Trinajstić information content (AvgIpc) is 2.58. The molecule has 2 rings (SSSR count). The number of fused-ring (bicyclic) bond motifs is 1. The summed E-state index contributed by atoms with van der Waals surface area (Å²) in [5.74, 6) is 0.624. The Morgan fingerprint density at radius 2 is 2.33 bits per heavy atom. The van der Waals surface area contributed by atoms with Crippen molar-refractivity contribution in [3.05, 3.63) is 24.1 Å². The zero-order chi connectivity index (χ0) is 10.8. The number of aromatic nitrogens is 1. The van der Waals surface area contributed by atoms with E-state index < -0.39 is 0 Å². The first-order valence-corrected chi connectivity index (χ1v) is 4.86. The molecule has 4 heteroatoms. The molecular weight excluding hydrogens is 192 g/mol. The smallest absolute Gasteiger partial charge is 0.221 e. The second-order valence-corrected chi connectivity index (χ2v) is 3.32. The minimum Gasteiger partial charge on any atom is -0.441 e. The minimum absolute atomic E-state index is 0.0893. The third-order valence-corrected chi connectivity index (χ3v) is 2.05. The second kappa shape index (κ2) is 3.73. The van der Waals surface area contributed by atoms with Gasteiger partial charge in [0.2, 0.25) is 5.91 Å². The Balaban J connectivity index is 2.41. The van der Waals surface area contributed by atoms with Gasteiger partial charge >= 0.3 is 0 Å². The molecule has 0 spiro atoms. The van der Waals surface area contributed by atoms with E-state index in [4.69, 9.17) is 4.42 Å². The number of hydrogen-bond acceptors (Lipinski definition) is 3. The second-order valence-electron chi connectivity index (χ2n) is 3.32. The molecule has 0 radical (unpaired) electrons. The first kappa shape index (κ1) is 9.71. The van der Waals surface area contributed by atoms with Gasteiger partial charge in [0.15, 0.2) is 11.5 Å². The van der Waals surface area contributed by atoms with Crippen molar-refractivity contribution < 1.29 is 9.21 Å². The van der Waals surface area contributed by atoms with E-state index >= 15 is 0 Å². The lowest BCUT2D eigenvalue weighted by Crippen LogP contribution is -2.05. The number of oxazole rings is 1. The molecule has 0 aliphatic carbocycles. The molecular formula is C11H12N2O2. The zero-order valence-corrected chi connectivity index (χ0v) is 8.70. The maximum absolute atomic E-state index is 10.9. The van der Waals surface area contributed by atoms with Gasteiger partial charge < -0.3 is 9.73 Å². The molecule has 0 fully saturated rings. The lowest BCUT2D eigenvalue weighted by molar-refractivity contribution is -0.114. The molecule has 4 nitrogen and oxygen atoms in total. The third kappa shape index (κ3) is 1.98. The number of carbonyl (C=O) groups excluding carboxylic acids is 1. The van der Waals surface area contributed by atoms with Crippen LogP contribution in [-0.4, -0.2) is 10.9 Å². The van der Waals surface area contributed by atoms with E-state index in [9.17, 15) is 4.79 Å². The summed E-state index contributed by atoms with van der Waals surface area (Å²) in [6, 6.07) is 5.42. The number of nitrogens with one attached hydrogen (secondary N) is 1. The predicted octanol–water partition coefficient (Wildman–Crippen LogP) is 2.35. The van der Waals surface area contributed by atoms with Gasteiger partial charge in [-0.05, 0) is 18.2 Å². The van der Waals surface area contributed by atoms with Crippen LogP contribution in [0.15, 0.2) is 22.6 Å². The maximum atomic E-state index is 10.9. The summed E-state index contributed by atoms with van der Waals surface area (Å²) in [5, 5.41) is 2.70. The number of hydrogen-bond donors (Lipinski definition) is 1. The summed E-state index contributed by atoms with van der Waals surface area (Å²) in [7, 11) is 0. The summed E-state index contributed by atoms with van der Waals surface area (Å²) < 4.78 is 5.45. The fourth-order valence-corrected chi connectivity index (χ4v) is 1.41. The van der Waals surface area contributed by atoms with E-state index in [1.54, 1.807) is 12.1 Å². The Kier molecular flexibility index (Phi) is 2.41. The van der Waals surface area contributed by atoms with Gasteiger partial charge in [0.1, 0.15) is 5.52 Å². The number of anilines is 1. The summed E-state index contributed by atoms with van der Waals surface area (Å²) in [6.07, 6.45) is 0.768. The number of amides is 1. The van der Waals surface area contributed by atoms with Gasteiger partial charge in [-0.1, -0.05) is 6.92 Å². The molecule has 2 aromatic rings. The molecule has 15 heavy (non-hydrogen) atoms. The van der Waals surface area contributed by atoms with Crippen molar-refractivity contribution in [2.75, 3.05) is 5.32 Å². The van der Waals surface area contributed by atoms with Gasteiger partial charge in [-0.2, -0.15) is 0 Å². The number of aryl methyl sites for hydroxylation is 1. The normalized spacial score (nSPS) is 10.5. The van der Waals surface area contributed by atoms with Gasteiger partial charge in [0.05, 0.1) is 0 Å². The van der Waals surface area contributed by atoms with E-state index in [-0.39, 0.29) is 5.91 Å². The molecule has 0 atom stereocenters. The summed E-state index contributed by atoms with van der Waals surface area (Å²) in [5.41, 5.74) is 2.27.